The summed E-state index contributed by atoms with van der Waals surface area (Å²) < 4.78 is 2.51. The smallest absolute Gasteiger partial charge is 0.0620 e. The highest BCUT2D eigenvalue weighted by molar-refractivity contribution is 6.27. The van der Waals surface area contributed by atoms with E-state index in [1.165, 1.54) is 87.5 Å². The van der Waals surface area contributed by atoms with E-state index >= 15 is 0 Å². The second-order valence-electron chi connectivity index (χ2n) is 11.1. The van der Waals surface area contributed by atoms with Gasteiger partial charge in [0.1, 0.15) is 0 Å². The van der Waals surface area contributed by atoms with Gasteiger partial charge in [-0.25, -0.2) is 0 Å². The Morgan fingerprint density at radius 1 is 0.400 bits per heavy atom. The summed E-state index contributed by atoms with van der Waals surface area (Å²) in [4.78, 5) is 0. The minimum absolute atomic E-state index is 1.24. The van der Waals surface area contributed by atoms with Crippen molar-refractivity contribution in [3.05, 3.63) is 139 Å². The number of rotatable bonds is 2. The summed E-state index contributed by atoms with van der Waals surface area (Å²) in [5, 5.41) is 10.4. The van der Waals surface area contributed by atoms with Crippen LogP contribution in [0, 0.1) is 6.92 Å². The number of hydrogen-bond donors (Lipinski definition) is 0. The predicted molar refractivity (Wildman–Crippen MR) is 172 cm³/mol. The number of aromatic nitrogens is 1. The second kappa shape index (κ2) is 7.94. The summed E-state index contributed by atoms with van der Waals surface area (Å²) in [6.45, 7) is 2.23. The zero-order chi connectivity index (χ0) is 26.4. The van der Waals surface area contributed by atoms with Gasteiger partial charge in [-0.3, -0.25) is 0 Å². The van der Waals surface area contributed by atoms with Gasteiger partial charge in [-0.2, -0.15) is 0 Å². The summed E-state index contributed by atoms with van der Waals surface area (Å²) in [5.41, 5.74) is 10.2. The van der Waals surface area contributed by atoms with Crippen LogP contribution >= 0.6 is 0 Å². The minimum atomic E-state index is 1.24. The molecule has 0 saturated heterocycles. The third-order valence-electron chi connectivity index (χ3n) is 8.78. The quantitative estimate of drug-likeness (QED) is 0.219. The van der Waals surface area contributed by atoms with Crippen molar-refractivity contribution in [2.45, 2.75) is 6.92 Å². The molecule has 7 aromatic carbocycles. The van der Waals surface area contributed by atoms with Crippen LogP contribution in [0.3, 0.4) is 0 Å². The largest absolute Gasteiger partial charge is 0.308 e. The van der Waals surface area contributed by atoms with Crippen LogP contribution in [0.25, 0.3) is 81.9 Å². The monoisotopic (exact) mass is 507 g/mol. The van der Waals surface area contributed by atoms with E-state index in [9.17, 15) is 0 Å². The van der Waals surface area contributed by atoms with Gasteiger partial charge in [-0.05, 0) is 98.8 Å². The summed E-state index contributed by atoms with van der Waals surface area (Å²) in [6, 6.07) is 49.4. The lowest BCUT2D eigenvalue weighted by Gasteiger charge is -2.11. The SMILES string of the molecule is Cc1ccc(-c2ccccc2)cc1-c1cc2c3cc4ccccc4cc3n3c4cc5ccccc5cc4c(c1)c23. The van der Waals surface area contributed by atoms with E-state index < -0.39 is 0 Å². The molecule has 0 atom stereocenters. The van der Waals surface area contributed by atoms with E-state index in [4.69, 9.17) is 0 Å². The fourth-order valence-corrected chi connectivity index (χ4v) is 6.81. The predicted octanol–water partition coefficient (Wildman–Crippen LogP) is 10.8. The van der Waals surface area contributed by atoms with E-state index in [0.717, 1.165) is 0 Å². The normalized spacial score (nSPS) is 12.1. The molecule has 186 valence electrons. The van der Waals surface area contributed by atoms with Gasteiger partial charge in [0.2, 0.25) is 0 Å². The maximum absolute atomic E-state index is 2.51. The number of fused-ring (bicyclic) bond motifs is 8. The van der Waals surface area contributed by atoms with E-state index in [2.05, 4.69) is 145 Å². The Hall–Kier alpha value is -5.14. The fraction of sp³-hybridized carbons (Fsp3) is 0.0256. The number of aryl methyl sites for hydroxylation is 1. The molecular weight excluding hydrogens is 482 g/mol. The molecule has 2 heterocycles. The van der Waals surface area contributed by atoms with Gasteiger partial charge >= 0.3 is 0 Å². The van der Waals surface area contributed by atoms with Crippen LogP contribution in [0.5, 0.6) is 0 Å². The highest BCUT2D eigenvalue weighted by Gasteiger charge is 2.20. The van der Waals surface area contributed by atoms with Gasteiger partial charge < -0.3 is 4.40 Å². The van der Waals surface area contributed by atoms with Crippen molar-refractivity contribution in [1.29, 1.82) is 0 Å². The molecule has 2 aromatic heterocycles. The average Bonchev–Trinajstić information content (AvgIpc) is 3.49. The topological polar surface area (TPSA) is 4.41 Å². The zero-order valence-electron chi connectivity index (χ0n) is 22.1. The molecule has 0 saturated carbocycles. The first kappa shape index (κ1) is 21.8. The van der Waals surface area contributed by atoms with Crippen LogP contribution < -0.4 is 0 Å². The highest BCUT2D eigenvalue weighted by Crippen LogP contribution is 2.44. The zero-order valence-corrected chi connectivity index (χ0v) is 22.1. The highest BCUT2D eigenvalue weighted by atomic mass is 14.9. The van der Waals surface area contributed by atoms with E-state index in [1.54, 1.807) is 0 Å². The lowest BCUT2D eigenvalue weighted by Crippen LogP contribution is -1.86. The first-order chi connectivity index (χ1) is 19.7. The van der Waals surface area contributed by atoms with Crippen molar-refractivity contribution in [2.24, 2.45) is 0 Å². The molecule has 0 spiro atoms. The molecule has 0 bridgehead atoms. The fourth-order valence-electron chi connectivity index (χ4n) is 6.81. The van der Waals surface area contributed by atoms with Gasteiger partial charge in [0.05, 0.1) is 16.6 Å². The Labute approximate surface area is 231 Å². The molecule has 0 N–H and O–H groups in total. The van der Waals surface area contributed by atoms with Gasteiger partial charge in [0.25, 0.3) is 0 Å². The van der Waals surface area contributed by atoms with E-state index in [-0.39, 0.29) is 0 Å². The number of hydrogen-bond acceptors (Lipinski definition) is 0. The molecule has 0 radical (unpaired) electrons. The molecule has 1 nitrogen and oxygen atoms in total. The molecule has 0 aliphatic heterocycles. The van der Waals surface area contributed by atoms with Crippen LogP contribution in [-0.2, 0) is 0 Å². The molecule has 40 heavy (non-hydrogen) atoms. The first-order valence-electron chi connectivity index (χ1n) is 13.9. The van der Waals surface area contributed by atoms with Gasteiger partial charge in [0.15, 0.2) is 0 Å². The molecular formula is C39H25N. The number of benzene rings is 7. The second-order valence-corrected chi connectivity index (χ2v) is 11.1. The maximum atomic E-state index is 2.51. The van der Waals surface area contributed by atoms with Gasteiger partial charge in [-0.1, -0.05) is 91.0 Å². The third kappa shape index (κ3) is 2.98. The molecule has 0 unspecified atom stereocenters. The molecule has 0 fully saturated rings. The van der Waals surface area contributed by atoms with Crippen molar-refractivity contribution >= 4 is 59.6 Å². The van der Waals surface area contributed by atoms with E-state index in [0.29, 0.717) is 0 Å². The summed E-state index contributed by atoms with van der Waals surface area (Å²) >= 11 is 0. The van der Waals surface area contributed by atoms with Crippen molar-refractivity contribution < 1.29 is 0 Å². The molecule has 9 rings (SSSR count). The van der Waals surface area contributed by atoms with Crippen LogP contribution in [-0.4, -0.2) is 4.40 Å². The summed E-state index contributed by atoms with van der Waals surface area (Å²) in [5.74, 6) is 0. The molecule has 0 amide bonds. The van der Waals surface area contributed by atoms with Crippen molar-refractivity contribution in [3.8, 4) is 22.3 Å². The Balaban J connectivity index is 1.45. The van der Waals surface area contributed by atoms with Gasteiger partial charge in [-0.15, -0.1) is 0 Å². The Morgan fingerprint density at radius 3 is 1.50 bits per heavy atom. The van der Waals surface area contributed by atoms with E-state index in [1.807, 2.05) is 0 Å². The van der Waals surface area contributed by atoms with Crippen LogP contribution in [0.1, 0.15) is 5.56 Å². The van der Waals surface area contributed by atoms with Gasteiger partial charge in [0, 0.05) is 21.5 Å². The summed E-state index contributed by atoms with van der Waals surface area (Å²) in [7, 11) is 0. The van der Waals surface area contributed by atoms with Crippen LogP contribution in [0.4, 0.5) is 0 Å². The lowest BCUT2D eigenvalue weighted by molar-refractivity contribution is 1.38. The Bertz CT molecular complexity index is 2300. The molecule has 1 heteroatoms. The van der Waals surface area contributed by atoms with Crippen molar-refractivity contribution in [1.82, 2.24) is 4.40 Å². The lowest BCUT2D eigenvalue weighted by atomic mass is 9.93. The molecule has 0 aliphatic rings. The standard InChI is InChI=1S/C39H25N/c1-24-15-16-30(25-9-3-2-4-10-25)17-32(24)31-20-35-33-18-26-11-5-7-13-28(26)22-37(33)40-38-23-29-14-8-6-12-27(29)19-34(38)36(21-31)39(35)40/h2-23H,1H3. The van der Waals surface area contributed by atoms with Crippen molar-refractivity contribution in [2.75, 3.05) is 0 Å². The van der Waals surface area contributed by atoms with Crippen molar-refractivity contribution in [3.63, 3.8) is 0 Å². The maximum Gasteiger partial charge on any atom is 0.0620 e. The number of nitrogens with zero attached hydrogens (tertiary/aromatic N) is 1. The minimum Gasteiger partial charge on any atom is -0.308 e. The van der Waals surface area contributed by atoms with Crippen LogP contribution in [0.2, 0.25) is 0 Å². The Kier molecular flexibility index (Phi) is 4.32. The third-order valence-corrected chi connectivity index (χ3v) is 8.78. The first-order valence-corrected chi connectivity index (χ1v) is 13.9. The average molecular weight is 508 g/mol. The molecule has 9 aromatic rings. The Morgan fingerprint density at radius 2 is 0.925 bits per heavy atom. The molecule has 0 aliphatic carbocycles. The summed E-state index contributed by atoms with van der Waals surface area (Å²) in [6.07, 6.45) is 0. The van der Waals surface area contributed by atoms with Crippen LogP contribution in [0.15, 0.2) is 133 Å².